The van der Waals surface area contributed by atoms with Gasteiger partial charge in [0.05, 0.1) is 16.8 Å². The third-order valence-electron chi connectivity index (χ3n) is 5.59. The number of carbonyl (C=O) groups excluding carboxylic acids is 2. The van der Waals surface area contributed by atoms with Crippen LogP contribution < -0.4 is 5.32 Å². The molecule has 1 amide bonds. The predicted molar refractivity (Wildman–Crippen MR) is 135 cm³/mol. The van der Waals surface area contributed by atoms with E-state index in [-0.39, 0.29) is 22.8 Å². The molecule has 1 N–H and O–H groups in total. The van der Waals surface area contributed by atoms with Gasteiger partial charge in [-0.3, -0.25) is 9.59 Å². The highest BCUT2D eigenvalue weighted by molar-refractivity contribution is 6.31. The Bertz CT molecular complexity index is 1370. The highest BCUT2D eigenvalue weighted by Gasteiger charge is 2.21. The molecule has 0 aliphatic rings. The zero-order chi connectivity index (χ0) is 25.5. The van der Waals surface area contributed by atoms with Gasteiger partial charge in [0.15, 0.2) is 11.6 Å². The molecule has 1 aromatic heterocycles. The summed E-state index contributed by atoms with van der Waals surface area (Å²) in [6.07, 6.45) is 4.26. The first-order valence-electron chi connectivity index (χ1n) is 11.2. The molecular weight excluding hydrogens is 481 g/mol. The number of ketones is 1. The Morgan fingerprint density at radius 1 is 1.06 bits per heavy atom. The number of hydrogen-bond donors (Lipinski definition) is 1. The molecule has 0 bridgehead atoms. The molecule has 36 heavy (non-hydrogen) atoms. The van der Waals surface area contributed by atoms with Crippen molar-refractivity contribution in [3.8, 4) is 5.69 Å². The fourth-order valence-electron chi connectivity index (χ4n) is 3.69. The van der Waals surface area contributed by atoms with Gasteiger partial charge in [-0.25, -0.2) is 4.39 Å². The summed E-state index contributed by atoms with van der Waals surface area (Å²) < 4.78 is 16.1. The number of carbonyl (C=O) groups is 2. The van der Waals surface area contributed by atoms with Crippen LogP contribution in [0.1, 0.15) is 22.3 Å². The molecule has 0 radical (unpaired) electrons. The summed E-state index contributed by atoms with van der Waals surface area (Å²) >= 11 is 5.95. The molecular formula is C27H23ClFN5O2. The molecule has 0 aliphatic heterocycles. The molecule has 1 atom stereocenters. The zero-order valence-corrected chi connectivity index (χ0v) is 20.2. The Balaban J connectivity index is 1.55. The predicted octanol–water partition coefficient (Wildman–Crippen LogP) is 4.32. The lowest BCUT2D eigenvalue weighted by atomic mass is 9.97. The van der Waals surface area contributed by atoms with Crippen molar-refractivity contribution in [3.63, 3.8) is 0 Å². The highest BCUT2D eigenvalue weighted by atomic mass is 35.5. The largest absolute Gasteiger partial charge is 0.342 e. The minimum Gasteiger partial charge on any atom is -0.342 e. The number of amides is 1. The average Bonchev–Trinajstić information content (AvgIpc) is 3.41. The molecule has 0 saturated carbocycles. The fourth-order valence-corrected chi connectivity index (χ4v) is 3.86. The molecule has 0 aliphatic carbocycles. The van der Waals surface area contributed by atoms with Crippen LogP contribution in [0.2, 0.25) is 5.02 Å². The van der Waals surface area contributed by atoms with Crippen LogP contribution in [-0.2, 0) is 22.4 Å². The van der Waals surface area contributed by atoms with Crippen molar-refractivity contribution in [1.29, 1.82) is 0 Å². The Morgan fingerprint density at radius 3 is 2.50 bits per heavy atom. The number of Topliss-reactive ketones (excluding diaryl/α,β-unsaturated/α-hetero) is 1. The van der Waals surface area contributed by atoms with E-state index in [0.29, 0.717) is 12.1 Å². The number of benzene rings is 3. The van der Waals surface area contributed by atoms with Gasteiger partial charge in [-0.15, -0.1) is 5.10 Å². The summed E-state index contributed by atoms with van der Waals surface area (Å²) in [5, 5.41) is 13.6. The number of nitrogens with zero attached hydrogens (tertiary/aromatic N) is 4. The van der Waals surface area contributed by atoms with Crippen molar-refractivity contribution in [2.24, 2.45) is 0 Å². The van der Waals surface area contributed by atoms with E-state index in [4.69, 9.17) is 11.6 Å². The van der Waals surface area contributed by atoms with Crippen LogP contribution in [0, 0.1) is 12.7 Å². The number of aryl methyl sites for hydroxylation is 1. The molecule has 0 saturated heterocycles. The summed E-state index contributed by atoms with van der Waals surface area (Å²) in [6.45, 7) is 1.98. The lowest BCUT2D eigenvalue weighted by molar-refractivity contribution is -0.125. The molecule has 0 fully saturated rings. The third kappa shape index (κ3) is 6.28. The summed E-state index contributed by atoms with van der Waals surface area (Å²) in [7, 11) is 0. The summed E-state index contributed by atoms with van der Waals surface area (Å²) in [5.74, 6) is -1.40. The van der Waals surface area contributed by atoms with Gasteiger partial charge in [0.25, 0.3) is 0 Å². The van der Waals surface area contributed by atoms with Gasteiger partial charge in [0.1, 0.15) is 6.33 Å². The van der Waals surface area contributed by atoms with Crippen LogP contribution >= 0.6 is 11.6 Å². The Hall–Kier alpha value is -4.17. The number of halogens is 2. The maximum atomic E-state index is 14.8. The Morgan fingerprint density at radius 2 is 1.81 bits per heavy atom. The topological polar surface area (TPSA) is 89.8 Å². The maximum Gasteiger partial charge on any atom is 0.244 e. The van der Waals surface area contributed by atoms with Gasteiger partial charge in [-0.1, -0.05) is 71.8 Å². The van der Waals surface area contributed by atoms with E-state index in [2.05, 4.69) is 20.8 Å². The lowest BCUT2D eigenvalue weighted by Crippen LogP contribution is -2.42. The lowest BCUT2D eigenvalue weighted by Gasteiger charge is -2.17. The van der Waals surface area contributed by atoms with Crippen molar-refractivity contribution in [2.45, 2.75) is 25.8 Å². The summed E-state index contributed by atoms with van der Waals surface area (Å²) in [5.41, 5.74) is 3.21. The molecule has 0 spiro atoms. The number of tetrazole rings is 1. The first kappa shape index (κ1) is 24.9. The zero-order valence-electron chi connectivity index (χ0n) is 19.4. The van der Waals surface area contributed by atoms with Crippen LogP contribution in [0.5, 0.6) is 0 Å². The van der Waals surface area contributed by atoms with E-state index in [1.807, 2.05) is 61.5 Å². The molecule has 1 heterocycles. The van der Waals surface area contributed by atoms with Crippen LogP contribution in [0.3, 0.4) is 0 Å². The first-order chi connectivity index (χ1) is 17.4. The van der Waals surface area contributed by atoms with Crippen molar-refractivity contribution in [3.05, 3.63) is 112 Å². The van der Waals surface area contributed by atoms with E-state index in [0.717, 1.165) is 16.7 Å². The standard InChI is InChI=1S/C27H23ClFN5O2/c1-18-7-9-20(10-8-18)16-25(35)23(15-19-5-3-2-4-6-19)31-26(36)14-11-21-24(34-17-30-32-33-34)13-12-22(28)27(21)29/h2-14,17,23H,15-16H2,1H3,(H,31,36)/b14-11+/t23-/m0/s1. The van der Waals surface area contributed by atoms with Crippen LogP contribution in [-0.4, -0.2) is 37.9 Å². The SMILES string of the molecule is Cc1ccc(CC(=O)[C@H](Cc2ccccc2)NC(=O)/C=C/c2c(-n3cnnn3)ccc(Cl)c2F)cc1. The molecule has 4 rings (SSSR count). The molecule has 182 valence electrons. The fraction of sp³-hybridized carbons (Fsp3) is 0.148. The van der Waals surface area contributed by atoms with E-state index in [1.165, 1.54) is 29.2 Å². The van der Waals surface area contributed by atoms with Crippen LogP contribution in [0.25, 0.3) is 11.8 Å². The molecule has 9 heteroatoms. The summed E-state index contributed by atoms with van der Waals surface area (Å²) in [6, 6.07) is 19.3. The summed E-state index contributed by atoms with van der Waals surface area (Å²) in [4.78, 5) is 26.0. The van der Waals surface area contributed by atoms with Crippen LogP contribution in [0.15, 0.2) is 79.1 Å². The van der Waals surface area contributed by atoms with Crippen LogP contribution in [0.4, 0.5) is 4.39 Å². The molecule has 4 aromatic rings. The van der Waals surface area contributed by atoms with Crippen molar-refractivity contribution in [2.75, 3.05) is 0 Å². The van der Waals surface area contributed by atoms with E-state index in [1.54, 1.807) is 6.07 Å². The molecule has 0 unspecified atom stereocenters. The first-order valence-corrected chi connectivity index (χ1v) is 11.6. The van der Waals surface area contributed by atoms with Gasteiger partial charge in [0.2, 0.25) is 5.91 Å². The van der Waals surface area contributed by atoms with Gasteiger partial charge in [-0.05, 0) is 53.1 Å². The van der Waals surface area contributed by atoms with E-state index < -0.39 is 17.8 Å². The Labute approximate surface area is 212 Å². The van der Waals surface area contributed by atoms with Gasteiger partial charge in [0, 0.05) is 18.1 Å². The second-order valence-electron chi connectivity index (χ2n) is 8.26. The Kier molecular flexibility index (Phi) is 7.97. The van der Waals surface area contributed by atoms with E-state index >= 15 is 0 Å². The molecule has 3 aromatic carbocycles. The number of rotatable bonds is 9. The average molecular weight is 504 g/mol. The van der Waals surface area contributed by atoms with Gasteiger partial charge >= 0.3 is 0 Å². The van der Waals surface area contributed by atoms with Gasteiger partial charge < -0.3 is 5.32 Å². The van der Waals surface area contributed by atoms with Crippen molar-refractivity contribution in [1.82, 2.24) is 25.5 Å². The second-order valence-corrected chi connectivity index (χ2v) is 8.67. The maximum absolute atomic E-state index is 14.8. The highest BCUT2D eigenvalue weighted by Crippen LogP contribution is 2.25. The monoisotopic (exact) mass is 503 g/mol. The molecule has 7 nitrogen and oxygen atoms in total. The van der Waals surface area contributed by atoms with Crippen molar-refractivity contribution < 1.29 is 14.0 Å². The minimum absolute atomic E-state index is 0.0375. The minimum atomic E-state index is -0.769. The quantitative estimate of drug-likeness (QED) is 0.344. The number of hydrogen-bond acceptors (Lipinski definition) is 5. The second kappa shape index (κ2) is 11.5. The third-order valence-corrected chi connectivity index (χ3v) is 5.89. The van der Waals surface area contributed by atoms with Gasteiger partial charge in [-0.2, -0.15) is 4.68 Å². The number of aromatic nitrogens is 4. The normalized spacial score (nSPS) is 12.0. The van der Waals surface area contributed by atoms with Crippen molar-refractivity contribution >= 4 is 29.4 Å². The van der Waals surface area contributed by atoms with E-state index in [9.17, 15) is 14.0 Å². The number of nitrogens with one attached hydrogen (secondary N) is 1. The smallest absolute Gasteiger partial charge is 0.244 e.